The van der Waals surface area contributed by atoms with E-state index >= 15 is 0 Å². The Balaban J connectivity index is 2.29. The molecule has 5 heteroatoms. The monoisotopic (exact) mass is 270 g/mol. The van der Waals surface area contributed by atoms with E-state index in [0.717, 1.165) is 6.07 Å². The Morgan fingerprint density at radius 2 is 1.55 bits per heavy atom. The van der Waals surface area contributed by atoms with Crippen LogP contribution in [0, 0.1) is 0 Å². The van der Waals surface area contributed by atoms with Crippen LogP contribution in [0.4, 0.5) is 0 Å². The van der Waals surface area contributed by atoms with Crippen LogP contribution < -0.4 is 5.43 Å². The summed E-state index contributed by atoms with van der Waals surface area (Å²) in [4.78, 5) is 12.0. The molecule has 3 N–H and O–H groups in total. The first kappa shape index (κ1) is 12.1. The zero-order valence-corrected chi connectivity index (χ0v) is 10.2. The first-order valence-corrected chi connectivity index (χ1v) is 5.84. The molecule has 1 heterocycles. The fourth-order valence-electron chi connectivity index (χ4n) is 1.99. The average Bonchev–Trinajstić information content (AvgIpc) is 2.40. The van der Waals surface area contributed by atoms with E-state index in [0.29, 0.717) is 5.56 Å². The maximum atomic E-state index is 12.0. The molecule has 3 aromatic rings. The summed E-state index contributed by atoms with van der Waals surface area (Å²) < 4.78 is 5.51. The van der Waals surface area contributed by atoms with Crippen LogP contribution in [0.2, 0.25) is 0 Å². The van der Waals surface area contributed by atoms with Crippen molar-refractivity contribution in [1.29, 1.82) is 0 Å². The Morgan fingerprint density at radius 3 is 2.25 bits per heavy atom. The van der Waals surface area contributed by atoms with E-state index in [-0.39, 0.29) is 39.4 Å². The summed E-state index contributed by atoms with van der Waals surface area (Å²) in [5.74, 6) is -0.148. The van der Waals surface area contributed by atoms with E-state index in [2.05, 4.69) is 0 Å². The summed E-state index contributed by atoms with van der Waals surface area (Å²) in [5, 5.41) is 28.5. The van der Waals surface area contributed by atoms with Crippen molar-refractivity contribution in [3.8, 4) is 28.6 Å². The molecular formula is C15H10O5. The van der Waals surface area contributed by atoms with E-state index in [9.17, 15) is 20.1 Å². The minimum atomic E-state index is -0.375. The van der Waals surface area contributed by atoms with Crippen molar-refractivity contribution in [2.45, 2.75) is 0 Å². The van der Waals surface area contributed by atoms with Gasteiger partial charge in [-0.2, -0.15) is 0 Å². The molecule has 2 aromatic carbocycles. The number of phenolic OH excluding ortho intramolecular Hbond substituents is 3. The highest BCUT2D eigenvalue weighted by molar-refractivity contribution is 5.85. The molecule has 20 heavy (non-hydrogen) atoms. The Morgan fingerprint density at radius 1 is 0.850 bits per heavy atom. The summed E-state index contributed by atoms with van der Waals surface area (Å²) in [6.45, 7) is 0. The predicted octanol–water partition coefficient (Wildman–Crippen LogP) is 2.58. The minimum absolute atomic E-state index is 0.0124. The van der Waals surface area contributed by atoms with E-state index in [1.165, 1.54) is 24.3 Å². The Labute approximate surface area is 113 Å². The first-order valence-electron chi connectivity index (χ1n) is 5.84. The summed E-state index contributed by atoms with van der Waals surface area (Å²) in [6, 6.07) is 9.74. The van der Waals surface area contributed by atoms with Crippen LogP contribution >= 0.6 is 0 Å². The third-order valence-corrected chi connectivity index (χ3v) is 2.95. The van der Waals surface area contributed by atoms with Crippen LogP contribution in [0.5, 0.6) is 17.2 Å². The molecule has 0 unspecified atom stereocenters. The molecule has 0 amide bonds. The molecule has 5 nitrogen and oxygen atoms in total. The molecule has 0 spiro atoms. The van der Waals surface area contributed by atoms with Crippen LogP contribution in [0.1, 0.15) is 0 Å². The topological polar surface area (TPSA) is 90.9 Å². The van der Waals surface area contributed by atoms with Gasteiger partial charge in [-0.1, -0.05) is 0 Å². The quantitative estimate of drug-likeness (QED) is 0.632. The second-order valence-corrected chi connectivity index (χ2v) is 4.36. The van der Waals surface area contributed by atoms with Crippen molar-refractivity contribution >= 4 is 11.0 Å². The van der Waals surface area contributed by atoms with Crippen LogP contribution in [-0.4, -0.2) is 15.3 Å². The highest BCUT2D eigenvalue weighted by Crippen LogP contribution is 2.31. The average molecular weight is 270 g/mol. The molecule has 0 saturated carbocycles. The van der Waals surface area contributed by atoms with Gasteiger partial charge in [0.25, 0.3) is 0 Å². The molecule has 1 aromatic heterocycles. The predicted molar refractivity (Wildman–Crippen MR) is 72.9 cm³/mol. The lowest BCUT2D eigenvalue weighted by Gasteiger charge is -2.05. The van der Waals surface area contributed by atoms with Gasteiger partial charge in [0.05, 0.1) is 5.39 Å². The van der Waals surface area contributed by atoms with Crippen molar-refractivity contribution in [3.05, 3.63) is 52.7 Å². The van der Waals surface area contributed by atoms with Crippen molar-refractivity contribution in [2.24, 2.45) is 0 Å². The zero-order valence-electron chi connectivity index (χ0n) is 10.2. The summed E-state index contributed by atoms with van der Waals surface area (Å²) in [7, 11) is 0. The smallest absolute Gasteiger partial charge is 0.193 e. The van der Waals surface area contributed by atoms with Crippen molar-refractivity contribution in [3.63, 3.8) is 0 Å². The maximum absolute atomic E-state index is 12.0. The maximum Gasteiger partial charge on any atom is 0.193 e. The molecule has 0 atom stereocenters. The molecule has 0 saturated heterocycles. The van der Waals surface area contributed by atoms with Gasteiger partial charge in [-0.25, -0.2) is 0 Å². The molecule has 0 aliphatic rings. The normalized spacial score (nSPS) is 10.8. The van der Waals surface area contributed by atoms with Crippen LogP contribution in [0.15, 0.2) is 51.7 Å². The number of rotatable bonds is 1. The van der Waals surface area contributed by atoms with E-state index in [1.807, 2.05) is 0 Å². The van der Waals surface area contributed by atoms with Crippen molar-refractivity contribution < 1.29 is 19.7 Å². The van der Waals surface area contributed by atoms with Crippen LogP contribution in [-0.2, 0) is 0 Å². The van der Waals surface area contributed by atoms with Gasteiger partial charge in [0, 0.05) is 17.7 Å². The largest absolute Gasteiger partial charge is 0.508 e. The molecule has 0 fully saturated rings. The molecule has 100 valence electrons. The number of fused-ring (bicyclic) bond motifs is 1. The van der Waals surface area contributed by atoms with Crippen LogP contribution in [0.25, 0.3) is 22.3 Å². The number of benzene rings is 2. The van der Waals surface area contributed by atoms with Gasteiger partial charge in [-0.15, -0.1) is 0 Å². The first-order chi connectivity index (χ1) is 9.54. The minimum Gasteiger partial charge on any atom is -0.508 e. The molecule has 0 bridgehead atoms. The fraction of sp³-hybridized carbons (Fsp3) is 0. The van der Waals surface area contributed by atoms with Crippen molar-refractivity contribution in [2.75, 3.05) is 0 Å². The molecule has 3 rings (SSSR count). The second-order valence-electron chi connectivity index (χ2n) is 4.36. The molecule has 0 aliphatic carbocycles. The third-order valence-electron chi connectivity index (χ3n) is 2.95. The lowest BCUT2D eigenvalue weighted by molar-refractivity contribution is 0.445. The summed E-state index contributed by atoms with van der Waals surface area (Å²) >= 11 is 0. The van der Waals surface area contributed by atoms with E-state index in [1.54, 1.807) is 12.1 Å². The molecule has 0 radical (unpaired) electrons. The highest BCUT2D eigenvalue weighted by Gasteiger charge is 2.11. The Bertz CT molecular complexity index is 847. The van der Waals surface area contributed by atoms with Crippen LogP contribution in [0.3, 0.4) is 0 Å². The number of hydrogen-bond donors (Lipinski definition) is 3. The fourth-order valence-corrected chi connectivity index (χ4v) is 1.99. The van der Waals surface area contributed by atoms with Gasteiger partial charge in [0.15, 0.2) is 16.8 Å². The SMILES string of the molecule is O=c1cc(-c2ccc(O)cc2)oc2c(O)cc(O)cc12. The van der Waals surface area contributed by atoms with Gasteiger partial charge in [0.2, 0.25) is 0 Å². The third kappa shape index (κ3) is 1.95. The van der Waals surface area contributed by atoms with Crippen molar-refractivity contribution in [1.82, 2.24) is 0 Å². The summed E-state index contributed by atoms with van der Waals surface area (Å²) in [6.07, 6.45) is 0. The zero-order chi connectivity index (χ0) is 14.3. The Hall–Kier alpha value is -2.95. The lowest BCUT2D eigenvalue weighted by atomic mass is 10.1. The van der Waals surface area contributed by atoms with Gasteiger partial charge in [-0.05, 0) is 30.3 Å². The Kier molecular flexibility index (Phi) is 2.61. The number of phenols is 3. The second kappa shape index (κ2) is 4.31. The highest BCUT2D eigenvalue weighted by atomic mass is 16.4. The van der Waals surface area contributed by atoms with E-state index in [4.69, 9.17) is 4.42 Å². The van der Waals surface area contributed by atoms with E-state index < -0.39 is 0 Å². The van der Waals surface area contributed by atoms with Gasteiger partial charge in [-0.3, -0.25) is 4.79 Å². The van der Waals surface area contributed by atoms with Gasteiger partial charge in [0.1, 0.15) is 17.3 Å². The molecular weight excluding hydrogens is 260 g/mol. The molecule has 0 aliphatic heterocycles. The summed E-state index contributed by atoms with van der Waals surface area (Å²) in [5.41, 5.74) is 0.230. The van der Waals surface area contributed by atoms with Gasteiger partial charge >= 0.3 is 0 Å². The lowest BCUT2D eigenvalue weighted by Crippen LogP contribution is -2.00. The number of hydrogen-bond acceptors (Lipinski definition) is 5. The standard InChI is InChI=1S/C15H10O5/c16-9-3-1-8(2-4-9)14-7-12(18)11-5-10(17)6-13(19)15(11)20-14/h1-7,16-17,19H. The van der Waals surface area contributed by atoms with Gasteiger partial charge < -0.3 is 19.7 Å². The number of aromatic hydroxyl groups is 3.